The molecule has 0 aliphatic carbocycles. The van der Waals surface area contributed by atoms with Crippen LogP contribution in [0.25, 0.3) is 0 Å². The molecule has 1 aromatic carbocycles. The zero-order valence-corrected chi connectivity index (χ0v) is 12.5. The smallest absolute Gasteiger partial charge is 0.0452 e. The molecular weight excluding hydrogens is 276 g/mol. The van der Waals surface area contributed by atoms with E-state index in [1.165, 1.54) is 10.4 Å². The summed E-state index contributed by atoms with van der Waals surface area (Å²) in [6.07, 6.45) is 1.14. The number of fused-ring (bicyclic) bond motifs is 1. The van der Waals surface area contributed by atoms with Crippen LogP contribution in [-0.4, -0.2) is 11.4 Å². The van der Waals surface area contributed by atoms with E-state index < -0.39 is 0 Å². The van der Waals surface area contributed by atoms with Crippen LogP contribution in [0.15, 0.2) is 29.6 Å². The molecule has 0 spiro atoms. The van der Waals surface area contributed by atoms with Gasteiger partial charge in [-0.2, -0.15) is 0 Å². The molecule has 0 radical (unpaired) electrons. The first kappa shape index (κ1) is 13.0. The van der Waals surface area contributed by atoms with Gasteiger partial charge in [-0.1, -0.05) is 11.6 Å². The van der Waals surface area contributed by atoms with E-state index in [0.29, 0.717) is 6.04 Å². The highest BCUT2D eigenvalue weighted by Crippen LogP contribution is 2.34. The Hall–Kier alpha value is -1.03. The van der Waals surface area contributed by atoms with Crippen molar-refractivity contribution in [3.63, 3.8) is 0 Å². The molecular formula is C15H17ClN2S. The molecule has 4 heteroatoms. The lowest BCUT2D eigenvalue weighted by Crippen LogP contribution is -2.32. The van der Waals surface area contributed by atoms with E-state index in [0.717, 1.165) is 35.8 Å². The van der Waals surface area contributed by atoms with Gasteiger partial charge in [0.1, 0.15) is 0 Å². The molecule has 0 saturated carbocycles. The largest absolute Gasteiger partial charge is 0.399 e. The van der Waals surface area contributed by atoms with Crippen LogP contribution in [0.4, 0.5) is 5.69 Å². The SMILES string of the molecule is CC1c2ccsc2CCN1Cc1cc(N)ccc1Cl. The lowest BCUT2D eigenvalue weighted by Gasteiger charge is -2.33. The van der Waals surface area contributed by atoms with Crippen molar-refractivity contribution < 1.29 is 0 Å². The first-order valence-corrected chi connectivity index (χ1v) is 7.75. The van der Waals surface area contributed by atoms with Gasteiger partial charge < -0.3 is 5.73 Å². The molecule has 2 heterocycles. The monoisotopic (exact) mass is 292 g/mol. The quantitative estimate of drug-likeness (QED) is 0.844. The molecule has 0 saturated heterocycles. The minimum atomic E-state index is 0.451. The number of thiophene rings is 1. The third kappa shape index (κ3) is 2.50. The number of nitrogens with zero attached hydrogens (tertiary/aromatic N) is 1. The van der Waals surface area contributed by atoms with E-state index in [9.17, 15) is 0 Å². The van der Waals surface area contributed by atoms with Gasteiger partial charge >= 0.3 is 0 Å². The summed E-state index contributed by atoms with van der Waals surface area (Å²) < 4.78 is 0. The minimum absolute atomic E-state index is 0.451. The Labute approximate surface area is 122 Å². The molecule has 0 bridgehead atoms. The number of nitrogen functional groups attached to an aromatic ring is 1. The summed E-state index contributed by atoms with van der Waals surface area (Å²) in [7, 11) is 0. The number of nitrogens with two attached hydrogens (primary N) is 1. The molecule has 2 nitrogen and oxygen atoms in total. The van der Waals surface area contributed by atoms with Gasteiger partial charge in [-0.3, -0.25) is 4.90 Å². The second-order valence-corrected chi connectivity index (χ2v) is 6.45. The number of hydrogen-bond acceptors (Lipinski definition) is 3. The van der Waals surface area contributed by atoms with Crippen LogP contribution in [-0.2, 0) is 13.0 Å². The summed E-state index contributed by atoms with van der Waals surface area (Å²) in [4.78, 5) is 4.00. The normalized spacial score (nSPS) is 19.4. The van der Waals surface area contributed by atoms with Gasteiger partial charge in [0.15, 0.2) is 0 Å². The van der Waals surface area contributed by atoms with Crippen LogP contribution in [0.3, 0.4) is 0 Å². The van der Waals surface area contributed by atoms with Crippen molar-refractivity contribution >= 4 is 28.6 Å². The molecule has 0 fully saturated rings. The van der Waals surface area contributed by atoms with Crippen LogP contribution in [0.5, 0.6) is 0 Å². The molecule has 1 aromatic heterocycles. The Balaban J connectivity index is 1.83. The van der Waals surface area contributed by atoms with Gasteiger partial charge in [0.25, 0.3) is 0 Å². The summed E-state index contributed by atoms with van der Waals surface area (Å²) in [5.41, 5.74) is 9.22. The number of benzene rings is 1. The first-order chi connectivity index (χ1) is 9.15. The summed E-state index contributed by atoms with van der Waals surface area (Å²) in [5, 5.41) is 3.00. The third-order valence-corrected chi connectivity index (χ3v) is 5.21. The molecule has 1 atom stereocenters. The van der Waals surface area contributed by atoms with Crippen molar-refractivity contribution in [1.82, 2.24) is 4.90 Å². The lowest BCUT2D eigenvalue weighted by molar-refractivity contribution is 0.191. The van der Waals surface area contributed by atoms with Crippen LogP contribution in [0, 0.1) is 0 Å². The molecule has 1 unspecified atom stereocenters. The average Bonchev–Trinajstić information content (AvgIpc) is 2.86. The second kappa shape index (κ2) is 5.16. The molecule has 100 valence electrons. The van der Waals surface area contributed by atoms with Gasteiger partial charge in [0.05, 0.1) is 0 Å². The number of rotatable bonds is 2. The molecule has 2 aromatic rings. The predicted molar refractivity (Wildman–Crippen MR) is 82.7 cm³/mol. The van der Waals surface area contributed by atoms with Crippen molar-refractivity contribution in [3.05, 3.63) is 50.7 Å². The number of anilines is 1. The summed E-state index contributed by atoms with van der Waals surface area (Å²) in [6, 6.07) is 8.42. The topological polar surface area (TPSA) is 29.3 Å². The Morgan fingerprint density at radius 1 is 1.42 bits per heavy atom. The highest BCUT2D eigenvalue weighted by molar-refractivity contribution is 7.10. The fourth-order valence-corrected chi connectivity index (χ4v) is 3.85. The maximum Gasteiger partial charge on any atom is 0.0452 e. The Morgan fingerprint density at radius 2 is 2.26 bits per heavy atom. The Bertz CT molecular complexity index is 594. The van der Waals surface area contributed by atoms with E-state index in [1.807, 2.05) is 29.5 Å². The Morgan fingerprint density at radius 3 is 3.11 bits per heavy atom. The van der Waals surface area contributed by atoms with Crippen molar-refractivity contribution in [1.29, 1.82) is 0 Å². The Kier molecular flexibility index (Phi) is 3.52. The number of halogens is 1. The molecule has 2 N–H and O–H groups in total. The zero-order valence-electron chi connectivity index (χ0n) is 10.9. The van der Waals surface area contributed by atoms with Gasteiger partial charge in [-0.15, -0.1) is 11.3 Å². The molecule has 19 heavy (non-hydrogen) atoms. The zero-order chi connectivity index (χ0) is 13.4. The van der Waals surface area contributed by atoms with E-state index in [2.05, 4.69) is 23.3 Å². The summed E-state index contributed by atoms with van der Waals surface area (Å²) in [6.45, 7) is 4.21. The maximum absolute atomic E-state index is 6.26. The predicted octanol–water partition coefficient (Wildman–Crippen LogP) is 4.10. The summed E-state index contributed by atoms with van der Waals surface area (Å²) in [5.74, 6) is 0. The highest BCUT2D eigenvalue weighted by Gasteiger charge is 2.25. The molecule has 0 amide bonds. The molecule has 1 aliphatic heterocycles. The van der Waals surface area contributed by atoms with Crippen LogP contribution in [0.1, 0.15) is 29.0 Å². The maximum atomic E-state index is 6.26. The minimum Gasteiger partial charge on any atom is -0.399 e. The lowest BCUT2D eigenvalue weighted by atomic mass is 10.0. The van der Waals surface area contributed by atoms with Gasteiger partial charge in [0, 0.05) is 34.7 Å². The standard InChI is InChI=1S/C15H17ClN2S/c1-10-13-5-7-19-15(13)4-6-18(10)9-11-8-12(17)2-3-14(11)16/h2-3,5,7-8,10H,4,6,9,17H2,1H3. The van der Waals surface area contributed by atoms with Crippen LogP contribution in [0.2, 0.25) is 5.02 Å². The van der Waals surface area contributed by atoms with E-state index in [-0.39, 0.29) is 0 Å². The fraction of sp³-hybridized carbons (Fsp3) is 0.333. The summed E-state index contributed by atoms with van der Waals surface area (Å²) >= 11 is 8.13. The van der Waals surface area contributed by atoms with Crippen molar-refractivity contribution in [3.8, 4) is 0 Å². The van der Waals surface area contributed by atoms with Crippen LogP contribution >= 0.6 is 22.9 Å². The number of hydrogen-bond donors (Lipinski definition) is 1. The third-order valence-electron chi connectivity index (χ3n) is 3.85. The second-order valence-electron chi connectivity index (χ2n) is 5.05. The van der Waals surface area contributed by atoms with E-state index in [4.69, 9.17) is 17.3 Å². The van der Waals surface area contributed by atoms with E-state index in [1.54, 1.807) is 0 Å². The van der Waals surface area contributed by atoms with Crippen LogP contribution < -0.4 is 5.73 Å². The van der Waals surface area contributed by atoms with Crippen molar-refractivity contribution in [2.45, 2.75) is 25.9 Å². The van der Waals surface area contributed by atoms with E-state index >= 15 is 0 Å². The molecule has 1 aliphatic rings. The first-order valence-electron chi connectivity index (χ1n) is 6.49. The fourth-order valence-electron chi connectivity index (χ4n) is 2.71. The van der Waals surface area contributed by atoms with Gasteiger partial charge in [0.2, 0.25) is 0 Å². The molecule has 3 rings (SSSR count). The average molecular weight is 293 g/mol. The van der Waals surface area contributed by atoms with Crippen molar-refractivity contribution in [2.75, 3.05) is 12.3 Å². The van der Waals surface area contributed by atoms with Crippen molar-refractivity contribution in [2.24, 2.45) is 0 Å². The van der Waals surface area contributed by atoms with Gasteiger partial charge in [-0.05, 0) is 54.1 Å². The van der Waals surface area contributed by atoms with Gasteiger partial charge in [-0.25, -0.2) is 0 Å². The highest BCUT2D eigenvalue weighted by atomic mass is 35.5.